The fourth-order valence-corrected chi connectivity index (χ4v) is 5.64. The Kier molecular flexibility index (Phi) is 7.58. The standard InChI is InChI=1S/C24H31N5O3.HI/c1-25-24(27-15-18-4-2-3-5-19(18)28-10-12-32-13-11-28)26-8-9-29-22(30)20-16-6-7-17(14-16)21(20)23(29)31;/h2-7,16-17,20-21H,8-15H2,1H3,(H2,25,26,27);1H. The van der Waals surface area contributed by atoms with Gasteiger partial charge in [0.2, 0.25) is 11.8 Å². The molecule has 4 atom stereocenters. The second-order valence-corrected chi connectivity index (χ2v) is 8.91. The molecule has 8 nitrogen and oxygen atoms in total. The van der Waals surface area contributed by atoms with Crippen LogP contribution in [0, 0.1) is 23.7 Å². The highest BCUT2D eigenvalue weighted by Gasteiger charge is 2.58. The van der Waals surface area contributed by atoms with Gasteiger partial charge in [-0.25, -0.2) is 0 Å². The summed E-state index contributed by atoms with van der Waals surface area (Å²) in [6.45, 7) is 4.76. The number of allylic oxidation sites excluding steroid dienone is 2. The molecule has 2 heterocycles. The molecule has 2 aliphatic heterocycles. The van der Waals surface area contributed by atoms with E-state index < -0.39 is 0 Å². The van der Waals surface area contributed by atoms with E-state index in [0.717, 1.165) is 32.7 Å². The molecule has 2 saturated heterocycles. The summed E-state index contributed by atoms with van der Waals surface area (Å²) in [5.74, 6) is 0.892. The first-order valence-electron chi connectivity index (χ1n) is 11.6. The molecule has 2 bridgehead atoms. The predicted molar refractivity (Wildman–Crippen MR) is 138 cm³/mol. The van der Waals surface area contributed by atoms with E-state index in [-0.39, 0.29) is 59.5 Å². The van der Waals surface area contributed by atoms with Crippen molar-refractivity contribution < 1.29 is 14.3 Å². The average molecular weight is 565 g/mol. The Morgan fingerprint density at radius 2 is 1.73 bits per heavy atom. The van der Waals surface area contributed by atoms with Crippen molar-refractivity contribution in [3.05, 3.63) is 42.0 Å². The van der Waals surface area contributed by atoms with Gasteiger partial charge in [-0.3, -0.25) is 19.5 Å². The van der Waals surface area contributed by atoms with Gasteiger partial charge in [0.15, 0.2) is 5.96 Å². The molecule has 3 fully saturated rings. The lowest BCUT2D eigenvalue weighted by molar-refractivity contribution is -0.140. The van der Waals surface area contributed by atoms with E-state index in [1.165, 1.54) is 16.2 Å². The molecule has 5 rings (SSSR count). The Hall–Kier alpha value is -2.14. The Morgan fingerprint density at radius 1 is 1.06 bits per heavy atom. The van der Waals surface area contributed by atoms with Crippen LogP contribution in [-0.2, 0) is 20.9 Å². The lowest BCUT2D eigenvalue weighted by Crippen LogP contribution is -2.43. The average Bonchev–Trinajstić information content (AvgIpc) is 3.52. The molecule has 0 spiro atoms. The van der Waals surface area contributed by atoms with Gasteiger partial charge in [-0.2, -0.15) is 0 Å². The molecular formula is C24H32IN5O3. The van der Waals surface area contributed by atoms with Crippen molar-refractivity contribution in [1.82, 2.24) is 15.5 Å². The Morgan fingerprint density at radius 3 is 2.39 bits per heavy atom. The van der Waals surface area contributed by atoms with Crippen molar-refractivity contribution in [2.75, 3.05) is 51.3 Å². The van der Waals surface area contributed by atoms with Crippen LogP contribution in [0.4, 0.5) is 5.69 Å². The normalized spacial score (nSPS) is 28.2. The monoisotopic (exact) mass is 565 g/mol. The first-order chi connectivity index (χ1) is 15.7. The number of amides is 2. The van der Waals surface area contributed by atoms with Gasteiger partial charge in [-0.05, 0) is 29.9 Å². The fourth-order valence-electron chi connectivity index (χ4n) is 5.64. The Balaban J connectivity index is 0.00000259. The Bertz CT molecular complexity index is 916. The van der Waals surface area contributed by atoms with E-state index in [9.17, 15) is 9.59 Å². The maximum Gasteiger partial charge on any atom is 0.233 e. The van der Waals surface area contributed by atoms with Gasteiger partial charge < -0.3 is 20.3 Å². The number of nitrogens with zero attached hydrogens (tertiary/aromatic N) is 3. The Labute approximate surface area is 211 Å². The van der Waals surface area contributed by atoms with Gasteiger partial charge in [0.25, 0.3) is 0 Å². The van der Waals surface area contributed by atoms with Crippen LogP contribution in [0.2, 0.25) is 0 Å². The van der Waals surface area contributed by atoms with Crippen molar-refractivity contribution in [3.8, 4) is 0 Å². The van der Waals surface area contributed by atoms with E-state index >= 15 is 0 Å². The molecule has 4 unspecified atom stereocenters. The van der Waals surface area contributed by atoms with E-state index in [1.54, 1.807) is 7.05 Å². The molecule has 1 saturated carbocycles. The van der Waals surface area contributed by atoms with Crippen LogP contribution in [0.1, 0.15) is 12.0 Å². The molecule has 1 aromatic carbocycles. The molecule has 178 valence electrons. The van der Waals surface area contributed by atoms with Crippen molar-refractivity contribution in [1.29, 1.82) is 0 Å². The molecule has 2 aliphatic carbocycles. The zero-order valence-electron chi connectivity index (χ0n) is 18.9. The molecule has 1 aromatic rings. The summed E-state index contributed by atoms with van der Waals surface area (Å²) in [7, 11) is 1.73. The third-order valence-corrected chi connectivity index (χ3v) is 7.20. The zero-order chi connectivity index (χ0) is 22.1. The number of hydrogen-bond donors (Lipinski definition) is 2. The number of imide groups is 1. The molecule has 2 amide bonds. The van der Waals surface area contributed by atoms with Crippen LogP contribution in [-0.4, -0.2) is 69.1 Å². The first kappa shape index (κ1) is 24.0. The smallest absolute Gasteiger partial charge is 0.233 e. The van der Waals surface area contributed by atoms with Crippen molar-refractivity contribution in [3.63, 3.8) is 0 Å². The minimum atomic E-state index is -0.133. The number of anilines is 1. The second-order valence-electron chi connectivity index (χ2n) is 8.91. The van der Waals surface area contributed by atoms with Crippen LogP contribution in [0.15, 0.2) is 41.4 Å². The van der Waals surface area contributed by atoms with Crippen molar-refractivity contribution in [2.24, 2.45) is 28.7 Å². The van der Waals surface area contributed by atoms with Gasteiger partial charge in [0, 0.05) is 45.5 Å². The predicted octanol–water partition coefficient (Wildman–Crippen LogP) is 1.61. The number of guanidine groups is 1. The third-order valence-electron chi connectivity index (χ3n) is 7.20. The quantitative estimate of drug-likeness (QED) is 0.179. The molecule has 2 N–H and O–H groups in total. The van der Waals surface area contributed by atoms with Crippen LogP contribution in [0.25, 0.3) is 0 Å². The van der Waals surface area contributed by atoms with Crippen LogP contribution in [0.3, 0.4) is 0 Å². The number of nitrogens with one attached hydrogen (secondary N) is 2. The van der Waals surface area contributed by atoms with E-state index in [0.29, 0.717) is 25.6 Å². The molecule has 33 heavy (non-hydrogen) atoms. The second kappa shape index (κ2) is 10.4. The van der Waals surface area contributed by atoms with E-state index in [4.69, 9.17) is 4.74 Å². The SMILES string of the molecule is CN=C(NCCN1C(=O)C2C3C=CC(C3)C2C1=O)NCc1ccccc1N1CCOCC1.I. The van der Waals surface area contributed by atoms with E-state index in [1.807, 2.05) is 6.07 Å². The lowest BCUT2D eigenvalue weighted by Gasteiger charge is -2.30. The number of likely N-dealkylation sites (tertiary alicyclic amines) is 1. The molecule has 0 radical (unpaired) electrons. The molecule has 4 aliphatic rings. The van der Waals surface area contributed by atoms with Gasteiger partial charge in [-0.1, -0.05) is 30.4 Å². The number of carbonyl (C=O) groups excluding carboxylic acids is 2. The number of aliphatic imine (C=N–C) groups is 1. The van der Waals surface area contributed by atoms with Crippen LogP contribution in [0.5, 0.6) is 0 Å². The lowest BCUT2D eigenvalue weighted by atomic mass is 9.85. The number of rotatable bonds is 6. The molecule has 9 heteroatoms. The maximum absolute atomic E-state index is 12.8. The number of fused-ring (bicyclic) bond motifs is 5. The summed E-state index contributed by atoms with van der Waals surface area (Å²) in [5, 5.41) is 6.61. The number of halogens is 1. The summed E-state index contributed by atoms with van der Waals surface area (Å²) < 4.78 is 5.48. The third kappa shape index (κ3) is 4.62. The van der Waals surface area contributed by atoms with Crippen LogP contribution >= 0.6 is 24.0 Å². The summed E-state index contributed by atoms with van der Waals surface area (Å²) in [5.41, 5.74) is 2.40. The largest absolute Gasteiger partial charge is 0.378 e. The van der Waals surface area contributed by atoms with Gasteiger partial charge in [0.05, 0.1) is 25.0 Å². The highest BCUT2D eigenvalue weighted by atomic mass is 127. The summed E-state index contributed by atoms with van der Waals surface area (Å²) in [4.78, 5) is 33.7. The first-order valence-corrected chi connectivity index (χ1v) is 11.6. The van der Waals surface area contributed by atoms with E-state index in [2.05, 4.69) is 50.9 Å². The highest BCUT2D eigenvalue weighted by Crippen LogP contribution is 2.52. The topological polar surface area (TPSA) is 86.3 Å². The summed E-state index contributed by atoms with van der Waals surface area (Å²) in [6.07, 6.45) is 5.21. The summed E-state index contributed by atoms with van der Waals surface area (Å²) in [6, 6.07) is 8.36. The minimum absolute atomic E-state index is 0. The summed E-state index contributed by atoms with van der Waals surface area (Å²) >= 11 is 0. The number of para-hydroxylation sites is 1. The zero-order valence-corrected chi connectivity index (χ0v) is 21.2. The van der Waals surface area contributed by atoms with Crippen molar-refractivity contribution in [2.45, 2.75) is 13.0 Å². The van der Waals surface area contributed by atoms with Gasteiger partial charge in [0.1, 0.15) is 0 Å². The van der Waals surface area contributed by atoms with Crippen molar-refractivity contribution >= 4 is 47.4 Å². The van der Waals surface area contributed by atoms with Gasteiger partial charge >= 0.3 is 0 Å². The van der Waals surface area contributed by atoms with Gasteiger partial charge in [-0.15, -0.1) is 24.0 Å². The number of carbonyl (C=O) groups is 2. The fraction of sp³-hybridized carbons (Fsp3) is 0.542. The number of morpholine rings is 1. The number of benzene rings is 1. The number of ether oxygens (including phenoxy) is 1. The number of hydrogen-bond acceptors (Lipinski definition) is 5. The molecular weight excluding hydrogens is 533 g/mol. The highest BCUT2D eigenvalue weighted by molar-refractivity contribution is 14.0. The molecule has 0 aromatic heterocycles. The maximum atomic E-state index is 12.8. The minimum Gasteiger partial charge on any atom is -0.378 e. The van der Waals surface area contributed by atoms with Crippen LogP contribution < -0.4 is 15.5 Å².